The number of nitrogens with two attached hydrogens (primary N) is 1. The lowest BCUT2D eigenvalue weighted by Gasteiger charge is -2.16. The van der Waals surface area contributed by atoms with Crippen molar-refractivity contribution in [3.8, 4) is 0 Å². The summed E-state index contributed by atoms with van der Waals surface area (Å²) in [5.41, 5.74) is 7.13. The van der Waals surface area contributed by atoms with Gasteiger partial charge in [-0.15, -0.1) is 11.3 Å². The number of halogens is 1. The maximum atomic E-state index is 12.4. The van der Waals surface area contributed by atoms with E-state index in [2.05, 4.69) is 47.2 Å². The van der Waals surface area contributed by atoms with E-state index >= 15 is 0 Å². The quantitative estimate of drug-likeness (QED) is 0.244. The van der Waals surface area contributed by atoms with Crippen molar-refractivity contribution in [2.75, 3.05) is 47.9 Å². The zero-order valence-corrected chi connectivity index (χ0v) is 21.4. The lowest BCUT2D eigenvalue weighted by Crippen LogP contribution is -2.32. The number of urea groups is 1. The van der Waals surface area contributed by atoms with Gasteiger partial charge in [-0.3, -0.25) is 4.79 Å². The van der Waals surface area contributed by atoms with Crippen molar-refractivity contribution in [1.82, 2.24) is 20.2 Å². The highest BCUT2D eigenvalue weighted by Crippen LogP contribution is 2.24. The minimum absolute atomic E-state index is 0.0817. The average Bonchev–Trinajstić information content (AvgIpc) is 3.53. The zero-order chi connectivity index (χ0) is 24.6. The number of thiophene rings is 1. The third-order valence-corrected chi connectivity index (χ3v) is 6.78. The van der Waals surface area contributed by atoms with E-state index < -0.39 is 0 Å². The Morgan fingerprint density at radius 2 is 1.91 bits per heavy atom. The summed E-state index contributed by atoms with van der Waals surface area (Å²) in [5.74, 6) is 0.931. The molecule has 184 valence electrons. The van der Waals surface area contributed by atoms with E-state index in [1.807, 2.05) is 29.2 Å². The first-order chi connectivity index (χ1) is 17.0. The van der Waals surface area contributed by atoms with Crippen molar-refractivity contribution in [2.24, 2.45) is 0 Å². The first kappa shape index (κ1) is 24.7. The largest absolute Gasteiger partial charge is 0.391 e. The minimum Gasteiger partial charge on any atom is -0.391 e. The summed E-state index contributed by atoms with van der Waals surface area (Å²) >= 11 is 4.73. The monoisotopic (exact) mass is 558 g/mol. The molecule has 3 aromatic rings. The van der Waals surface area contributed by atoms with Crippen LogP contribution in [0.1, 0.15) is 28.9 Å². The highest BCUT2D eigenvalue weighted by molar-refractivity contribution is 9.10. The van der Waals surface area contributed by atoms with Gasteiger partial charge in [-0.1, -0.05) is 6.07 Å². The molecule has 1 aliphatic heterocycles. The highest BCUT2D eigenvalue weighted by atomic mass is 79.9. The summed E-state index contributed by atoms with van der Waals surface area (Å²) < 4.78 is 0.729. The summed E-state index contributed by atoms with van der Waals surface area (Å²) in [4.78, 5) is 35.7. The Labute approximate surface area is 215 Å². The first-order valence-electron chi connectivity index (χ1n) is 11.3. The molecule has 1 aliphatic rings. The fourth-order valence-corrected chi connectivity index (χ4v) is 4.56. The maximum absolute atomic E-state index is 12.4. The molecule has 1 fully saturated rings. The molecule has 10 nitrogen and oxygen atoms in total. The van der Waals surface area contributed by atoms with Crippen LogP contribution in [0.3, 0.4) is 0 Å². The number of hydrogen-bond donors (Lipinski definition) is 5. The van der Waals surface area contributed by atoms with Crippen molar-refractivity contribution in [1.29, 1.82) is 0 Å². The molecule has 0 radical (unpaired) electrons. The van der Waals surface area contributed by atoms with Crippen molar-refractivity contribution in [3.63, 3.8) is 0 Å². The number of aromatic nitrogens is 2. The molecule has 35 heavy (non-hydrogen) atoms. The van der Waals surface area contributed by atoms with Gasteiger partial charge in [0.15, 0.2) is 0 Å². The molecule has 4 rings (SSSR count). The average molecular weight is 559 g/mol. The molecule has 0 bridgehead atoms. The molecule has 3 heterocycles. The number of nitrogen functional groups attached to an aromatic ring is 1. The molecule has 1 saturated heterocycles. The number of benzene rings is 1. The zero-order valence-electron chi connectivity index (χ0n) is 19.0. The lowest BCUT2D eigenvalue weighted by molar-refractivity contribution is 0.0957. The van der Waals surface area contributed by atoms with Crippen LogP contribution in [0.5, 0.6) is 0 Å². The standard InChI is InChI=1S/C23H27BrN8O2S/c24-17-14-28-22(29-15-5-3-6-16(13-15)30-23(34)32-11-1-2-12-32)31-20(17)26-9-4-10-27-21(33)18-7-8-19(25)35-18/h3,5-8,13-14H,1-2,4,9-12,25H2,(H,27,33)(H,30,34)(H2,26,28,29,31). The highest BCUT2D eigenvalue weighted by Gasteiger charge is 2.17. The van der Waals surface area contributed by atoms with E-state index in [1.54, 1.807) is 18.3 Å². The summed E-state index contributed by atoms with van der Waals surface area (Å²) in [6.07, 6.45) is 4.47. The Hall–Kier alpha value is -3.38. The fourth-order valence-electron chi connectivity index (χ4n) is 3.54. The molecule has 12 heteroatoms. The van der Waals surface area contributed by atoms with Gasteiger partial charge in [-0.2, -0.15) is 4.98 Å². The fraction of sp³-hybridized carbons (Fsp3) is 0.304. The van der Waals surface area contributed by atoms with Crippen LogP contribution < -0.4 is 27.0 Å². The molecule has 1 aromatic carbocycles. The summed E-state index contributed by atoms with van der Waals surface area (Å²) in [7, 11) is 0. The number of anilines is 5. The van der Waals surface area contributed by atoms with Crippen molar-refractivity contribution >= 4 is 67.3 Å². The molecular weight excluding hydrogens is 532 g/mol. The van der Waals surface area contributed by atoms with Crippen LogP contribution in [0.4, 0.5) is 32.9 Å². The summed E-state index contributed by atoms with van der Waals surface area (Å²) in [6, 6.07) is 10.8. The predicted molar refractivity (Wildman–Crippen MR) is 143 cm³/mol. The van der Waals surface area contributed by atoms with Crippen LogP contribution in [0.25, 0.3) is 0 Å². The second kappa shape index (κ2) is 11.8. The van der Waals surface area contributed by atoms with Gasteiger partial charge < -0.3 is 31.9 Å². The van der Waals surface area contributed by atoms with Gasteiger partial charge in [0, 0.05) is 43.8 Å². The van der Waals surface area contributed by atoms with E-state index in [1.165, 1.54) is 11.3 Å². The topological polar surface area (TPSA) is 137 Å². The van der Waals surface area contributed by atoms with E-state index in [-0.39, 0.29) is 11.9 Å². The number of carbonyl (C=O) groups is 2. The normalized spacial score (nSPS) is 12.9. The van der Waals surface area contributed by atoms with Gasteiger partial charge in [0.05, 0.1) is 14.4 Å². The van der Waals surface area contributed by atoms with Crippen LogP contribution >= 0.6 is 27.3 Å². The van der Waals surface area contributed by atoms with Gasteiger partial charge in [0.25, 0.3) is 5.91 Å². The van der Waals surface area contributed by atoms with Gasteiger partial charge in [0.2, 0.25) is 5.95 Å². The van der Waals surface area contributed by atoms with Crippen LogP contribution in [0, 0.1) is 0 Å². The molecule has 0 aliphatic carbocycles. The third-order valence-electron chi connectivity index (χ3n) is 5.29. The van der Waals surface area contributed by atoms with Gasteiger partial charge in [-0.05, 0) is 65.5 Å². The minimum atomic E-state index is -0.125. The molecule has 0 spiro atoms. The van der Waals surface area contributed by atoms with Gasteiger partial charge >= 0.3 is 6.03 Å². The Bertz CT molecular complexity index is 1180. The van der Waals surface area contributed by atoms with Crippen LogP contribution in [-0.2, 0) is 0 Å². The first-order valence-corrected chi connectivity index (χ1v) is 12.9. The molecule has 2 aromatic heterocycles. The molecule has 0 saturated carbocycles. The van der Waals surface area contributed by atoms with Gasteiger partial charge in [-0.25, -0.2) is 9.78 Å². The lowest BCUT2D eigenvalue weighted by atomic mass is 10.3. The third kappa shape index (κ3) is 7.06. The smallest absolute Gasteiger partial charge is 0.321 e. The number of amides is 3. The number of carbonyl (C=O) groups excluding carboxylic acids is 2. The van der Waals surface area contributed by atoms with Crippen molar-refractivity contribution in [2.45, 2.75) is 19.3 Å². The van der Waals surface area contributed by atoms with Crippen molar-refractivity contribution < 1.29 is 9.59 Å². The second-order valence-electron chi connectivity index (χ2n) is 7.96. The Kier molecular flexibility index (Phi) is 8.37. The molecule has 3 amide bonds. The second-order valence-corrected chi connectivity index (χ2v) is 9.93. The summed E-state index contributed by atoms with van der Waals surface area (Å²) in [5, 5.41) is 12.9. The summed E-state index contributed by atoms with van der Waals surface area (Å²) in [6.45, 7) is 2.72. The van der Waals surface area contributed by atoms with E-state index in [0.29, 0.717) is 46.8 Å². The molecule has 6 N–H and O–H groups in total. The Balaban J connectivity index is 1.27. The van der Waals surface area contributed by atoms with E-state index in [0.717, 1.165) is 36.1 Å². The van der Waals surface area contributed by atoms with Crippen LogP contribution in [0.2, 0.25) is 0 Å². The number of nitrogens with one attached hydrogen (secondary N) is 4. The number of hydrogen-bond acceptors (Lipinski definition) is 8. The van der Waals surface area contributed by atoms with Crippen molar-refractivity contribution in [3.05, 3.63) is 51.9 Å². The predicted octanol–water partition coefficient (Wildman–Crippen LogP) is 4.49. The van der Waals surface area contributed by atoms with E-state index in [4.69, 9.17) is 5.73 Å². The van der Waals surface area contributed by atoms with Gasteiger partial charge in [0.1, 0.15) is 5.82 Å². The number of rotatable bonds is 9. The number of likely N-dealkylation sites (tertiary alicyclic amines) is 1. The van der Waals surface area contributed by atoms with E-state index in [9.17, 15) is 9.59 Å². The Morgan fingerprint density at radius 1 is 1.11 bits per heavy atom. The Morgan fingerprint density at radius 3 is 2.69 bits per heavy atom. The molecule has 0 atom stereocenters. The number of nitrogens with zero attached hydrogens (tertiary/aromatic N) is 3. The van der Waals surface area contributed by atoms with Crippen LogP contribution in [0.15, 0.2) is 47.1 Å². The molecular formula is C23H27BrN8O2S. The van der Waals surface area contributed by atoms with Crippen LogP contribution in [-0.4, -0.2) is 53.0 Å². The SMILES string of the molecule is Nc1ccc(C(=O)NCCCNc2nc(Nc3cccc(NC(=O)N4CCCC4)c3)ncc2Br)s1. The maximum Gasteiger partial charge on any atom is 0.321 e. The molecule has 0 unspecified atom stereocenters.